The van der Waals surface area contributed by atoms with Gasteiger partial charge in [-0.2, -0.15) is 0 Å². The number of aryl methyl sites for hydroxylation is 1. The summed E-state index contributed by atoms with van der Waals surface area (Å²) in [6.45, 7) is 10.9. The van der Waals surface area contributed by atoms with Crippen LogP contribution in [0, 0.1) is 6.92 Å². The van der Waals surface area contributed by atoms with Gasteiger partial charge in [0.15, 0.2) is 0 Å². The summed E-state index contributed by atoms with van der Waals surface area (Å²) in [5.74, 6) is 0.642. The van der Waals surface area contributed by atoms with E-state index in [0.717, 1.165) is 37.6 Å². The molecule has 3 rings (SSSR count). The molecule has 0 atom stereocenters. The van der Waals surface area contributed by atoms with Crippen LogP contribution in [0.15, 0.2) is 34.9 Å². The summed E-state index contributed by atoms with van der Waals surface area (Å²) in [6.07, 6.45) is 0. The van der Waals surface area contributed by atoms with Gasteiger partial charge in [0.05, 0.1) is 6.54 Å². The van der Waals surface area contributed by atoms with Crippen molar-refractivity contribution in [2.24, 2.45) is 0 Å². The highest BCUT2D eigenvalue weighted by Gasteiger charge is 2.19. The molecule has 1 aliphatic heterocycles. The lowest BCUT2D eigenvalue weighted by Gasteiger charge is -2.38. The first-order valence-electron chi connectivity index (χ1n) is 8.82. The first kappa shape index (κ1) is 17.5. The zero-order valence-corrected chi connectivity index (χ0v) is 15.2. The number of benzene rings is 1. The number of nitrogens with one attached hydrogen (secondary N) is 1. The van der Waals surface area contributed by atoms with E-state index in [9.17, 15) is 4.79 Å². The number of anilines is 1. The second-order valence-corrected chi connectivity index (χ2v) is 6.78. The molecule has 6 nitrogen and oxygen atoms in total. The van der Waals surface area contributed by atoms with Crippen molar-refractivity contribution in [3.8, 4) is 0 Å². The molecule has 0 unspecified atom stereocenters. The van der Waals surface area contributed by atoms with Crippen molar-refractivity contribution in [2.45, 2.75) is 33.4 Å². The fourth-order valence-electron chi connectivity index (χ4n) is 3.09. The van der Waals surface area contributed by atoms with Gasteiger partial charge in [-0.3, -0.25) is 9.69 Å². The minimum Gasteiger partial charge on any atom is -0.369 e. The molecule has 0 aliphatic carbocycles. The number of carbonyl (C=O) groups excluding carboxylic acids is 1. The van der Waals surface area contributed by atoms with E-state index >= 15 is 0 Å². The van der Waals surface area contributed by atoms with Gasteiger partial charge in [-0.1, -0.05) is 5.16 Å². The lowest BCUT2D eigenvalue weighted by atomic mass is 10.1. The summed E-state index contributed by atoms with van der Waals surface area (Å²) in [4.78, 5) is 17.1. The monoisotopic (exact) mass is 342 g/mol. The lowest BCUT2D eigenvalue weighted by Crippen LogP contribution is -2.48. The Morgan fingerprint density at radius 3 is 2.44 bits per heavy atom. The van der Waals surface area contributed by atoms with Gasteiger partial charge in [0.1, 0.15) is 11.5 Å². The van der Waals surface area contributed by atoms with Crippen LogP contribution in [-0.2, 0) is 6.54 Å². The van der Waals surface area contributed by atoms with Crippen LogP contribution in [0.5, 0.6) is 0 Å². The summed E-state index contributed by atoms with van der Waals surface area (Å²) < 4.78 is 5.00. The molecule has 1 aliphatic rings. The molecule has 6 heteroatoms. The second kappa shape index (κ2) is 7.70. The van der Waals surface area contributed by atoms with Gasteiger partial charge in [0.25, 0.3) is 5.91 Å². The maximum Gasteiger partial charge on any atom is 0.251 e. The van der Waals surface area contributed by atoms with Crippen molar-refractivity contribution in [1.82, 2.24) is 15.4 Å². The molecule has 2 aromatic rings. The fraction of sp³-hybridized carbons (Fsp3) is 0.474. The van der Waals surface area contributed by atoms with Gasteiger partial charge >= 0.3 is 0 Å². The molecule has 0 bridgehead atoms. The topological polar surface area (TPSA) is 61.6 Å². The Balaban J connectivity index is 1.54. The highest BCUT2D eigenvalue weighted by atomic mass is 16.5. The number of hydrogen-bond donors (Lipinski definition) is 1. The zero-order valence-electron chi connectivity index (χ0n) is 15.2. The van der Waals surface area contributed by atoms with Crippen LogP contribution in [0.2, 0.25) is 0 Å². The van der Waals surface area contributed by atoms with E-state index in [1.54, 1.807) is 0 Å². The van der Waals surface area contributed by atoms with Gasteiger partial charge in [-0.15, -0.1) is 0 Å². The highest BCUT2D eigenvalue weighted by Crippen LogP contribution is 2.18. The Kier molecular flexibility index (Phi) is 5.38. The molecule has 25 heavy (non-hydrogen) atoms. The Morgan fingerprint density at radius 2 is 1.88 bits per heavy atom. The third-order valence-corrected chi connectivity index (χ3v) is 4.65. The minimum atomic E-state index is -0.100. The Morgan fingerprint density at radius 1 is 1.20 bits per heavy atom. The summed E-state index contributed by atoms with van der Waals surface area (Å²) in [7, 11) is 0. The third kappa shape index (κ3) is 4.39. The predicted octanol–water partition coefficient (Wildman–Crippen LogP) is 2.44. The molecular weight excluding hydrogens is 316 g/mol. The zero-order chi connectivity index (χ0) is 17.8. The average Bonchev–Trinajstić information content (AvgIpc) is 3.05. The maximum absolute atomic E-state index is 12.2. The number of rotatable bonds is 5. The molecular formula is C19H26N4O2. The van der Waals surface area contributed by atoms with Crippen molar-refractivity contribution in [2.75, 3.05) is 31.1 Å². The number of piperazine rings is 1. The number of amides is 1. The summed E-state index contributed by atoms with van der Waals surface area (Å²) in [5, 5.41) is 6.74. The van der Waals surface area contributed by atoms with Crippen LogP contribution < -0.4 is 10.2 Å². The van der Waals surface area contributed by atoms with E-state index < -0.39 is 0 Å². The summed E-state index contributed by atoms with van der Waals surface area (Å²) >= 11 is 0. The van der Waals surface area contributed by atoms with Gasteiger partial charge in [0.2, 0.25) is 0 Å². The molecule has 134 valence electrons. The van der Waals surface area contributed by atoms with Gasteiger partial charge in [0, 0.05) is 49.5 Å². The van der Waals surface area contributed by atoms with Gasteiger partial charge < -0.3 is 14.7 Å². The van der Waals surface area contributed by atoms with Crippen molar-refractivity contribution in [3.63, 3.8) is 0 Å². The smallest absolute Gasteiger partial charge is 0.251 e. The van der Waals surface area contributed by atoms with E-state index in [2.05, 4.69) is 34.1 Å². The molecule has 1 fully saturated rings. The molecule has 1 N–H and O–H groups in total. The fourth-order valence-corrected chi connectivity index (χ4v) is 3.09. The maximum atomic E-state index is 12.2. The number of carbonyl (C=O) groups is 1. The lowest BCUT2D eigenvalue weighted by molar-refractivity contribution is 0.0950. The summed E-state index contributed by atoms with van der Waals surface area (Å²) in [5.41, 5.74) is 2.56. The van der Waals surface area contributed by atoms with Crippen LogP contribution in [-0.4, -0.2) is 48.2 Å². The van der Waals surface area contributed by atoms with E-state index in [1.807, 2.05) is 37.3 Å². The van der Waals surface area contributed by atoms with E-state index in [0.29, 0.717) is 18.2 Å². The van der Waals surface area contributed by atoms with E-state index in [-0.39, 0.29) is 5.91 Å². The normalized spacial score (nSPS) is 15.6. The molecule has 1 aromatic carbocycles. The van der Waals surface area contributed by atoms with Gasteiger partial charge in [-0.25, -0.2) is 0 Å². The first-order valence-corrected chi connectivity index (χ1v) is 8.82. The predicted molar refractivity (Wildman–Crippen MR) is 97.8 cm³/mol. The van der Waals surface area contributed by atoms with Crippen molar-refractivity contribution in [1.29, 1.82) is 0 Å². The van der Waals surface area contributed by atoms with Gasteiger partial charge in [-0.05, 0) is 45.0 Å². The Bertz CT molecular complexity index is 700. The average molecular weight is 342 g/mol. The molecule has 0 saturated carbocycles. The second-order valence-electron chi connectivity index (χ2n) is 6.78. The van der Waals surface area contributed by atoms with Crippen molar-refractivity contribution < 1.29 is 9.32 Å². The molecule has 0 spiro atoms. The SMILES string of the molecule is Cc1cc(CNC(=O)c2ccc(N3CCN(C(C)C)CC3)cc2)no1. The first-order chi connectivity index (χ1) is 12.0. The van der Waals surface area contributed by atoms with Crippen molar-refractivity contribution >= 4 is 11.6 Å². The molecule has 0 radical (unpaired) electrons. The van der Waals surface area contributed by atoms with Crippen LogP contribution in [0.4, 0.5) is 5.69 Å². The number of aromatic nitrogens is 1. The Hall–Kier alpha value is -2.34. The van der Waals surface area contributed by atoms with Crippen LogP contribution in [0.25, 0.3) is 0 Å². The molecule has 1 amide bonds. The molecule has 1 saturated heterocycles. The van der Waals surface area contributed by atoms with Crippen molar-refractivity contribution in [3.05, 3.63) is 47.3 Å². The Labute approximate surface area is 148 Å². The number of hydrogen-bond acceptors (Lipinski definition) is 5. The molecule has 2 heterocycles. The highest BCUT2D eigenvalue weighted by molar-refractivity contribution is 5.94. The van der Waals surface area contributed by atoms with E-state index in [4.69, 9.17) is 4.52 Å². The standard InChI is InChI=1S/C19H26N4O2/c1-14(2)22-8-10-23(11-9-22)18-6-4-16(5-7-18)19(24)20-13-17-12-15(3)25-21-17/h4-7,12,14H,8-11,13H2,1-3H3,(H,20,24). The molecule has 1 aromatic heterocycles. The van der Waals surface area contributed by atoms with Crippen LogP contribution in [0.1, 0.15) is 35.7 Å². The quantitative estimate of drug-likeness (QED) is 0.904. The summed E-state index contributed by atoms with van der Waals surface area (Å²) in [6, 6.07) is 10.2. The van der Waals surface area contributed by atoms with Crippen LogP contribution >= 0.6 is 0 Å². The minimum absolute atomic E-state index is 0.100. The number of nitrogens with zero attached hydrogens (tertiary/aromatic N) is 3. The third-order valence-electron chi connectivity index (χ3n) is 4.65. The largest absolute Gasteiger partial charge is 0.369 e. The van der Waals surface area contributed by atoms with Crippen LogP contribution in [0.3, 0.4) is 0 Å². The van der Waals surface area contributed by atoms with E-state index in [1.165, 1.54) is 5.69 Å².